The summed E-state index contributed by atoms with van der Waals surface area (Å²) in [6.45, 7) is 5.93. The number of unbranched alkanes of at least 4 members (excludes halogenated alkanes) is 5. The monoisotopic (exact) mass is 304 g/mol. The topological polar surface area (TPSA) is 40.5 Å². The van der Waals surface area contributed by atoms with Crippen LogP contribution in [0.3, 0.4) is 0 Å². The lowest BCUT2D eigenvalue weighted by atomic mass is 9.87. The van der Waals surface area contributed by atoms with Gasteiger partial charge in [-0.25, -0.2) is 0 Å². The number of aryl methyl sites for hydroxylation is 1. The van der Waals surface area contributed by atoms with E-state index in [-0.39, 0.29) is 0 Å². The largest absolute Gasteiger partial charge is 0.390 e. The Morgan fingerprint density at radius 3 is 2.36 bits per heavy atom. The molecule has 0 radical (unpaired) electrons. The molecule has 0 fully saturated rings. The molecule has 0 aliphatic rings. The van der Waals surface area contributed by atoms with Crippen molar-refractivity contribution in [2.45, 2.75) is 76.4 Å². The van der Waals surface area contributed by atoms with Crippen LogP contribution in [0.2, 0.25) is 0 Å². The van der Waals surface area contributed by atoms with Crippen molar-refractivity contribution in [3.05, 3.63) is 48.6 Å². The van der Waals surface area contributed by atoms with Crippen LogP contribution in [0.25, 0.3) is 0 Å². The lowest BCUT2D eigenvalue weighted by Crippen LogP contribution is -2.40. The Morgan fingerprint density at radius 2 is 1.73 bits per heavy atom. The molecule has 22 heavy (non-hydrogen) atoms. The standard InChI is InChI=1S/C20H32O2/c1-3-5-6-7-8-12-15-19(21)20(22,4-2)17-16-18-13-10-9-11-14-18/h4,9-11,13-14,19,21-22H,2-3,5-8,12,15-17H2,1H3/t19-,20-/m0/s1. The molecule has 2 heteroatoms. The van der Waals surface area contributed by atoms with Crippen LogP contribution in [-0.2, 0) is 6.42 Å². The third kappa shape index (κ3) is 6.76. The highest BCUT2D eigenvalue weighted by molar-refractivity contribution is 5.16. The van der Waals surface area contributed by atoms with Crippen LogP contribution in [-0.4, -0.2) is 21.9 Å². The maximum atomic E-state index is 10.6. The second-order valence-electron chi connectivity index (χ2n) is 6.25. The van der Waals surface area contributed by atoms with Crippen molar-refractivity contribution in [3.63, 3.8) is 0 Å². The average Bonchev–Trinajstić information content (AvgIpc) is 2.56. The minimum Gasteiger partial charge on any atom is -0.390 e. The first kappa shape index (κ1) is 18.9. The Balaban J connectivity index is 2.34. The molecule has 0 saturated carbocycles. The third-order valence-electron chi connectivity index (χ3n) is 4.42. The molecule has 0 spiro atoms. The zero-order valence-electron chi connectivity index (χ0n) is 14.0. The summed E-state index contributed by atoms with van der Waals surface area (Å²) in [5.41, 5.74) is -0.00579. The lowest BCUT2D eigenvalue weighted by Gasteiger charge is -2.30. The van der Waals surface area contributed by atoms with Crippen LogP contribution in [0.5, 0.6) is 0 Å². The van der Waals surface area contributed by atoms with E-state index in [1.165, 1.54) is 37.3 Å². The summed E-state index contributed by atoms with van der Waals surface area (Å²) in [7, 11) is 0. The smallest absolute Gasteiger partial charge is 0.109 e. The van der Waals surface area contributed by atoms with E-state index in [1.54, 1.807) is 0 Å². The van der Waals surface area contributed by atoms with Crippen molar-refractivity contribution in [2.24, 2.45) is 0 Å². The molecule has 0 aliphatic carbocycles. The van der Waals surface area contributed by atoms with Crippen LogP contribution < -0.4 is 0 Å². The Morgan fingerprint density at radius 1 is 1.09 bits per heavy atom. The summed E-state index contributed by atoms with van der Waals surface area (Å²) >= 11 is 0. The number of hydrogen-bond acceptors (Lipinski definition) is 2. The molecular formula is C20H32O2. The normalized spacial score (nSPS) is 15.2. The van der Waals surface area contributed by atoms with Gasteiger partial charge in [0.1, 0.15) is 5.60 Å². The number of hydrogen-bond donors (Lipinski definition) is 2. The fourth-order valence-electron chi connectivity index (χ4n) is 2.76. The van der Waals surface area contributed by atoms with E-state index in [0.717, 1.165) is 19.3 Å². The van der Waals surface area contributed by atoms with Gasteiger partial charge in [0.05, 0.1) is 6.10 Å². The predicted octanol–water partition coefficient (Wildman–Crippen LogP) is 4.65. The molecule has 1 rings (SSSR count). The Bertz CT molecular complexity index is 401. The number of aliphatic hydroxyl groups excluding tert-OH is 1. The van der Waals surface area contributed by atoms with Gasteiger partial charge in [-0.1, -0.05) is 81.9 Å². The molecule has 2 atom stereocenters. The van der Waals surface area contributed by atoms with Crippen LogP contribution in [0.1, 0.15) is 63.9 Å². The molecule has 1 aromatic carbocycles. The van der Waals surface area contributed by atoms with E-state index >= 15 is 0 Å². The van der Waals surface area contributed by atoms with Crippen molar-refractivity contribution in [3.8, 4) is 0 Å². The Hall–Kier alpha value is -1.12. The van der Waals surface area contributed by atoms with Gasteiger partial charge in [-0.2, -0.15) is 0 Å². The van der Waals surface area contributed by atoms with Gasteiger partial charge in [0, 0.05) is 0 Å². The van der Waals surface area contributed by atoms with E-state index in [1.807, 2.05) is 30.3 Å². The maximum Gasteiger partial charge on any atom is 0.109 e. The molecule has 0 aromatic heterocycles. The first-order chi connectivity index (χ1) is 10.6. The molecule has 124 valence electrons. The lowest BCUT2D eigenvalue weighted by molar-refractivity contribution is -0.0488. The first-order valence-corrected chi connectivity index (χ1v) is 8.70. The highest BCUT2D eigenvalue weighted by Crippen LogP contribution is 2.24. The summed E-state index contributed by atoms with van der Waals surface area (Å²) in [4.78, 5) is 0. The number of benzene rings is 1. The van der Waals surface area contributed by atoms with Crippen molar-refractivity contribution in [2.75, 3.05) is 0 Å². The fourth-order valence-corrected chi connectivity index (χ4v) is 2.76. The molecular weight excluding hydrogens is 272 g/mol. The van der Waals surface area contributed by atoms with E-state index in [2.05, 4.69) is 13.5 Å². The van der Waals surface area contributed by atoms with Crippen LogP contribution in [0.15, 0.2) is 43.0 Å². The minimum absolute atomic E-state index is 0.511. The highest BCUT2D eigenvalue weighted by Gasteiger charge is 2.31. The predicted molar refractivity (Wildman–Crippen MR) is 93.9 cm³/mol. The van der Waals surface area contributed by atoms with Crippen LogP contribution >= 0.6 is 0 Å². The van der Waals surface area contributed by atoms with Gasteiger partial charge in [-0.3, -0.25) is 0 Å². The van der Waals surface area contributed by atoms with Crippen molar-refractivity contribution < 1.29 is 10.2 Å². The average molecular weight is 304 g/mol. The van der Waals surface area contributed by atoms with Gasteiger partial charge >= 0.3 is 0 Å². The summed E-state index contributed by atoms with van der Waals surface area (Å²) in [6.07, 6.45) is 9.81. The second kappa shape index (κ2) is 10.6. The molecule has 0 saturated heterocycles. The van der Waals surface area contributed by atoms with Gasteiger partial charge in [-0.05, 0) is 24.8 Å². The molecule has 2 nitrogen and oxygen atoms in total. The van der Waals surface area contributed by atoms with E-state index in [9.17, 15) is 10.2 Å². The zero-order chi connectivity index (χ0) is 16.3. The van der Waals surface area contributed by atoms with Gasteiger partial charge in [-0.15, -0.1) is 6.58 Å². The molecule has 0 amide bonds. The van der Waals surface area contributed by atoms with Gasteiger partial charge in [0.2, 0.25) is 0 Å². The summed E-state index contributed by atoms with van der Waals surface area (Å²) in [5.74, 6) is 0. The summed E-state index contributed by atoms with van der Waals surface area (Å²) in [6, 6.07) is 10.1. The van der Waals surface area contributed by atoms with Crippen molar-refractivity contribution in [1.82, 2.24) is 0 Å². The molecule has 0 unspecified atom stereocenters. The van der Waals surface area contributed by atoms with Gasteiger partial charge < -0.3 is 10.2 Å². The number of aliphatic hydroxyl groups is 2. The summed E-state index contributed by atoms with van der Waals surface area (Å²) in [5, 5.41) is 21.0. The van der Waals surface area contributed by atoms with Crippen molar-refractivity contribution in [1.29, 1.82) is 0 Å². The minimum atomic E-state index is -1.18. The second-order valence-corrected chi connectivity index (χ2v) is 6.25. The van der Waals surface area contributed by atoms with Gasteiger partial charge in [0.15, 0.2) is 0 Å². The highest BCUT2D eigenvalue weighted by atomic mass is 16.3. The molecule has 0 heterocycles. The molecule has 0 aliphatic heterocycles. The third-order valence-corrected chi connectivity index (χ3v) is 4.42. The van der Waals surface area contributed by atoms with Crippen LogP contribution in [0, 0.1) is 0 Å². The zero-order valence-corrected chi connectivity index (χ0v) is 14.0. The van der Waals surface area contributed by atoms with E-state index in [4.69, 9.17) is 0 Å². The molecule has 2 N–H and O–H groups in total. The quantitative estimate of drug-likeness (QED) is 0.436. The molecule has 0 bridgehead atoms. The Kier molecular flexibility index (Phi) is 9.10. The van der Waals surface area contributed by atoms with Gasteiger partial charge in [0.25, 0.3) is 0 Å². The number of rotatable bonds is 12. The maximum absolute atomic E-state index is 10.6. The SMILES string of the molecule is C=C[C@](O)(CCc1ccccc1)[C@@H](O)CCCCCCCC. The fraction of sp³-hybridized carbons (Fsp3) is 0.600. The van der Waals surface area contributed by atoms with E-state index in [0.29, 0.717) is 12.8 Å². The summed E-state index contributed by atoms with van der Waals surface area (Å²) < 4.78 is 0. The first-order valence-electron chi connectivity index (χ1n) is 8.70. The van der Waals surface area contributed by atoms with Crippen molar-refractivity contribution >= 4 is 0 Å². The molecule has 1 aromatic rings. The van der Waals surface area contributed by atoms with E-state index < -0.39 is 11.7 Å². The Labute approximate surface area is 135 Å². The van der Waals surface area contributed by atoms with Crippen LogP contribution in [0.4, 0.5) is 0 Å².